The summed E-state index contributed by atoms with van der Waals surface area (Å²) in [4.78, 5) is 52.4. The van der Waals surface area contributed by atoms with Gasteiger partial charge in [0.2, 0.25) is 11.8 Å². The highest BCUT2D eigenvalue weighted by molar-refractivity contribution is 8.15. The molecule has 0 radical (unpaired) electrons. The van der Waals surface area contributed by atoms with Crippen molar-refractivity contribution in [3.05, 3.63) is 72.0 Å². The molecule has 12 nitrogen and oxygen atoms in total. The molecule has 0 spiro atoms. The van der Waals surface area contributed by atoms with E-state index in [1.165, 1.54) is 35.2 Å². The molecule has 3 amide bonds. The molecule has 2 unspecified atom stereocenters. The van der Waals surface area contributed by atoms with Crippen molar-refractivity contribution in [2.75, 3.05) is 23.7 Å². The van der Waals surface area contributed by atoms with Crippen LogP contribution in [0.15, 0.2) is 71.3 Å². The van der Waals surface area contributed by atoms with Gasteiger partial charge in [-0.2, -0.15) is 5.10 Å². The van der Waals surface area contributed by atoms with Crippen LogP contribution < -0.4 is 16.4 Å². The van der Waals surface area contributed by atoms with E-state index in [1.807, 2.05) is 0 Å². The molecule has 2 aromatic carbocycles. The third-order valence-corrected chi connectivity index (χ3v) is 8.73. The lowest BCUT2D eigenvalue weighted by Crippen LogP contribution is -2.47. The van der Waals surface area contributed by atoms with Gasteiger partial charge in [-0.3, -0.25) is 19.4 Å². The normalized spacial score (nSPS) is 22.3. The fourth-order valence-corrected chi connectivity index (χ4v) is 6.59. The third kappa shape index (κ3) is 5.79. The molecule has 226 valence electrons. The van der Waals surface area contributed by atoms with Crippen LogP contribution in [0.5, 0.6) is 0 Å². The summed E-state index contributed by atoms with van der Waals surface area (Å²) >= 11 is 7.45. The van der Waals surface area contributed by atoms with Crippen molar-refractivity contribution in [3.8, 4) is 11.1 Å². The Labute approximate surface area is 258 Å². The summed E-state index contributed by atoms with van der Waals surface area (Å²) in [6.45, 7) is -0.715. The standard InChI is InChI=1S/C28H24ClF2N9O3S/c29-18-6-2-1-4-16(18)17-5-3-7-19(22(17)31)36-26(43)20-8-14(30)11-39(20)21(41)12-40-27-24(23(38-40)25(32)42)37-28(44-27)35-15-9-33-13-34-10-15/h1-7,9-10,13-14,20,24,27H,8,11-12H2,(H2,32,42)(H,35,37)(H,36,43)/t14-,20+,24?,27?/m1/s1. The minimum atomic E-state index is -1.47. The molecule has 1 fully saturated rings. The Kier molecular flexibility index (Phi) is 8.14. The van der Waals surface area contributed by atoms with Gasteiger partial charge in [0.1, 0.15) is 36.5 Å². The van der Waals surface area contributed by atoms with E-state index in [0.717, 1.165) is 4.90 Å². The molecule has 0 aliphatic carbocycles. The molecule has 3 aliphatic rings. The van der Waals surface area contributed by atoms with Crippen molar-refractivity contribution in [1.29, 1.82) is 0 Å². The topological polar surface area (TPSA) is 158 Å². The number of alkyl halides is 1. The maximum Gasteiger partial charge on any atom is 0.267 e. The molecule has 0 bridgehead atoms. The number of nitrogens with two attached hydrogens (primary N) is 1. The number of carbonyl (C=O) groups is 3. The predicted octanol–water partition coefficient (Wildman–Crippen LogP) is 2.88. The van der Waals surface area contributed by atoms with Gasteiger partial charge in [-0.15, -0.1) is 0 Å². The molecular weight excluding hydrogens is 616 g/mol. The maximum absolute atomic E-state index is 15.5. The number of hydrogen-bond acceptors (Lipinski definition) is 10. The highest BCUT2D eigenvalue weighted by Crippen LogP contribution is 2.36. The van der Waals surface area contributed by atoms with Gasteiger partial charge in [0, 0.05) is 22.6 Å². The second-order valence-electron chi connectivity index (χ2n) is 10.1. The Morgan fingerprint density at radius 2 is 1.84 bits per heavy atom. The van der Waals surface area contributed by atoms with E-state index in [9.17, 15) is 18.8 Å². The van der Waals surface area contributed by atoms with Crippen LogP contribution in [-0.4, -0.2) is 85.2 Å². The van der Waals surface area contributed by atoms with Crippen molar-refractivity contribution in [2.45, 2.75) is 30.1 Å². The maximum atomic E-state index is 15.5. The second-order valence-corrected chi connectivity index (χ2v) is 11.6. The molecule has 0 saturated carbocycles. The molecule has 4 N–H and O–H groups in total. The number of amidine groups is 1. The largest absolute Gasteiger partial charge is 0.364 e. The van der Waals surface area contributed by atoms with Crippen LogP contribution in [0.1, 0.15) is 6.42 Å². The van der Waals surface area contributed by atoms with Gasteiger partial charge in [0.15, 0.2) is 16.7 Å². The van der Waals surface area contributed by atoms with Crippen LogP contribution in [0.2, 0.25) is 5.02 Å². The average Bonchev–Trinajstić information content (AvgIpc) is 3.69. The zero-order valence-corrected chi connectivity index (χ0v) is 24.3. The lowest BCUT2D eigenvalue weighted by Gasteiger charge is -2.27. The highest BCUT2D eigenvalue weighted by Gasteiger charge is 2.47. The summed E-state index contributed by atoms with van der Waals surface area (Å²) in [6.07, 6.45) is 2.71. The van der Waals surface area contributed by atoms with E-state index < -0.39 is 47.2 Å². The number of hydrogen-bond donors (Lipinski definition) is 3. The molecule has 4 heterocycles. The molecule has 3 aromatic rings. The lowest BCUT2D eigenvalue weighted by molar-refractivity contribution is -0.137. The van der Waals surface area contributed by atoms with Crippen molar-refractivity contribution < 1.29 is 23.2 Å². The first kappa shape index (κ1) is 29.4. The average molecular weight is 640 g/mol. The number of likely N-dealkylation sites (tertiary alicyclic amines) is 1. The van der Waals surface area contributed by atoms with Crippen LogP contribution in [0.25, 0.3) is 11.1 Å². The summed E-state index contributed by atoms with van der Waals surface area (Å²) in [6, 6.07) is 9.19. The Bertz CT molecular complexity index is 1700. The Morgan fingerprint density at radius 3 is 2.59 bits per heavy atom. The Morgan fingerprint density at radius 1 is 1.09 bits per heavy atom. The van der Waals surface area contributed by atoms with Crippen LogP contribution in [0.3, 0.4) is 0 Å². The second kappa shape index (κ2) is 12.2. The smallest absolute Gasteiger partial charge is 0.267 e. The van der Waals surface area contributed by atoms with Crippen molar-refractivity contribution in [2.24, 2.45) is 15.8 Å². The van der Waals surface area contributed by atoms with E-state index in [4.69, 9.17) is 17.3 Å². The minimum Gasteiger partial charge on any atom is -0.364 e. The number of carbonyl (C=O) groups excluding carboxylic acids is 3. The molecule has 1 aromatic heterocycles. The van der Waals surface area contributed by atoms with Crippen LogP contribution in [0.4, 0.5) is 20.2 Å². The number of anilines is 2. The van der Waals surface area contributed by atoms with Gasteiger partial charge in [-0.25, -0.2) is 23.7 Å². The number of rotatable bonds is 7. The summed E-state index contributed by atoms with van der Waals surface area (Å²) < 4.78 is 30.1. The van der Waals surface area contributed by atoms with Gasteiger partial charge < -0.3 is 21.3 Å². The number of fused-ring (bicyclic) bond motifs is 1. The lowest BCUT2D eigenvalue weighted by atomic mass is 10.0. The fourth-order valence-electron chi connectivity index (χ4n) is 5.21. The molecular formula is C28H24ClF2N9O3S. The van der Waals surface area contributed by atoms with Crippen LogP contribution in [0, 0.1) is 5.82 Å². The first-order valence-corrected chi connectivity index (χ1v) is 14.6. The zero-order chi connectivity index (χ0) is 31.0. The number of nitrogens with zero attached hydrogens (tertiary/aromatic N) is 6. The molecule has 44 heavy (non-hydrogen) atoms. The quantitative estimate of drug-likeness (QED) is 0.356. The number of nitrogens with one attached hydrogen (secondary N) is 2. The third-order valence-electron chi connectivity index (χ3n) is 7.22. The molecule has 6 rings (SSSR count). The molecule has 4 atom stereocenters. The number of aromatic nitrogens is 2. The van der Waals surface area contributed by atoms with Gasteiger partial charge in [0.25, 0.3) is 5.91 Å². The fraction of sp³-hybridized carbons (Fsp3) is 0.250. The van der Waals surface area contributed by atoms with E-state index in [1.54, 1.807) is 42.7 Å². The van der Waals surface area contributed by atoms with Gasteiger partial charge >= 0.3 is 0 Å². The number of amides is 3. The minimum absolute atomic E-state index is 0.0376. The summed E-state index contributed by atoms with van der Waals surface area (Å²) in [7, 11) is 0. The first-order valence-electron chi connectivity index (χ1n) is 13.4. The summed E-state index contributed by atoms with van der Waals surface area (Å²) in [5, 5.41) is 11.3. The predicted molar refractivity (Wildman–Crippen MR) is 162 cm³/mol. The Hall–Kier alpha value is -4.63. The van der Waals surface area contributed by atoms with Gasteiger partial charge in [0.05, 0.1) is 30.3 Å². The van der Waals surface area contributed by atoms with Crippen molar-refractivity contribution >= 4 is 63.3 Å². The van der Waals surface area contributed by atoms with E-state index >= 15 is 4.39 Å². The van der Waals surface area contributed by atoms with E-state index in [0.29, 0.717) is 21.4 Å². The zero-order valence-electron chi connectivity index (χ0n) is 22.7. The number of halogens is 3. The SMILES string of the molecule is NC(=O)C1=NN(CC(=O)N2C[C@H](F)C[C@H]2C(=O)Nc2cccc(-c3ccccc3Cl)c2F)C2SC(Nc3cncnc3)=NC12. The number of benzene rings is 2. The Balaban J connectivity index is 1.16. The number of primary amides is 1. The number of aliphatic imine (C=N–C) groups is 1. The van der Waals surface area contributed by atoms with Crippen molar-refractivity contribution in [3.63, 3.8) is 0 Å². The molecule has 16 heteroatoms. The van der Waals surface area contributed by atoms with Gasteiger partial charge in [-0.05, 0) is 12.1 Å². The monoisotopic (exact) mass is 639 g/mol. The van der Waals surface area contributed by atoms with Crippen LogP contribution in [-0.2, 0) is 14.4 Å². The number of thioether (sulfide) groups is 1. The van der Waals surface area contributed by atoms with Crippen molar-refractivity contribution in [1.82, 2.24) is 19.9 Å². The first-order chi connectivity index (χ1) is 21.2. The van der Waals surface area contributed by atoms with Crippen LogP contribution >= 0.6 is 23.4 Å². The highest BCUT2D eigenvalue weighted by atomic mass is 35.5. The van der Waals surface area contributed by atoms with Gasteiger partial charge in [-0.1, -0.05) is 53.7 Å². The van der Waals surface area contributed by atoms with E-state index in [2.05, 4.69) is 30.7 Å². The molecule has 3 aliphatic heterocycles. The summed E-state index contributed by atoms with van der Waals surface area (Å²) in [5.41, 5.74) is 6.54. The molecule has 1 saturated heterocycles. The summed E-state index contributed by atoms with van der Waals surface area (Å²) in [5.74, 6) is -2.87. The van der Waals surface area contributed by atoms with E-state index in [-0.39, 0.29) is 36.5 Å². The number of hydrazone groups is 1.